The highest BCUT2D eigenvalue weighted by Gasteiger charge is 2.14. The molecule has 0 aliphatic carbocycles. The van der Waals surface area contributed by atoms with Crippen LogP contribution in [0, 0.1) is 6.92 Å². The Morgan fingerprint density at radius 1 is 1.20 bits per heavy atom. The van der Waals surface area contributed by atoms with Crippen molar-refractivity contribution >= 4 is 33.0 Å². The van der Waals surface area contributed by atoms with Crippen molar-refractivity contribution in [2.75, 3.05) is 4.72 Å². The summed E-state index contributed by atoms with van der Waals surface area (Å²) in [4.78, 5) is 4.45. The van der Waals surface area contributed by atoms with Crippen molar-refractivity contribution in [3.05, 3.63) is 53.7 Å². The molecule has 7 heteroatoms. The minimum Gasteiger partial charge on any atom is -0.389 e. The zero-order valence-corrected chi connectivity index (χ0v) is 12.3. The molecule has 1 heterocycles. The van der Waals surface area contributed by atoms with Gasteiger partial charge in [-0.25, -0.2) is 13.4 Å². The first-order valence-electron chi connectivity index (χ1n) is 5.75. The van der Waals surface area contributed by atoms with E-state index in [1.165, 1.54) is 12.1 Å². The number of anilines is 1. The number of sulfonamides is 1. The van der Waals surface area contributed by atoms with Crippen LogP contribution in [0.15, 0.2) is 47.4 Å². The van der Waals surface area contributed by atoms with E-state index in [1.807, 2.05) is 0 Å². The molecule has 0 aliphatic heterocycles. The SMILES string of the molecule is Cc1cccc(NS(=O)(=O)c2ccc(C(N)=S)cc2)n1. The van der Waals surface area contributed by atoms with Crippen LogP contribution in [0.25, 0.3) is 0 Å². The van der Waals surface area contributed by atoms with E-state index in [0.717, 1.165) is 5.69 Å². The molecule has 0 saturated heterocycles. The number of hydrogen-bond acceptors (Lipinski definition) is 4. The van der Waals surface area contributed by atoms with E-state index >= 15 is 0 Å². The van der Waals surface area contributed by atoms with E-state index in [4.69, 9.17) is 18.0 Å². The monoisotopic (exact) mass is 307 g/mol. The van der Waals surface area contributed by atoms with Gasteiger partial charge in [0, 0.05) is 11.3 Å². The molecule has 5 nitrogen and oxygen atoms in total. The first-order valence-corrected chi connectivity index (χ1v) is 7.64. The number of aromatic nitrogens is 1. The summed E-state index contributed by atoms with van der Waals surface area (Å²) in [6, 6.07) is 11.2. The Balaban J connectivity index is 2.28. The van der Waals surface area contributed by atoms with E-state index in [2.05, 4.69) is 9.71 Å². The molecule has 104 valence electrons. The fourth-order valence-electron chi connectivity index (χ4n) is 1.59. The number of rotatable bonds is 4. The normalized spacial score (nSPS) is 11.1. The second kappa shape index (κ2) is 5.56. The van der Waals surface area contributed by atoms with Gasteiger partial charge in [0.15, 0.2) is 0 Å². The van der Waals surface area contributed by atoms with Gasteiger partial charge in [-0.2, -0.15) is 0 Å². The molecule has 20 heavy (non-hydrogen) atoms. The van der Waals surface area contributed by atoms with Crippen LogP contribution in [0.4, 0.5) is 5.82 Å². The van der Waals surface area contributed by atoms with Gasteiger partial charge in [0.1, 0.15) is 10.8 Å². The lowest BCUT2D eigenvalue weighted by Gasteiger charge is -2.08. The lowest BCUT2D eigenvalue weighted by molar-refractivity contribution is 0.601. The summed E-state index contributed by atoms with van der Waals surface area (Å²) in [5.41, 5.74) is 6.82. The van der Waals surface area contributed by atoms with E-state index in [1.54, 1.807) is 37.3 Å². The van der Waals surface area contributed by atoms with Crippen LogP contribution in [0.5, 0.6) is 0 Å². The molecular formula is C13H13N3O2S2. The first-order chi connectivity index (χ1) is 9.38. The number of nitrogens with two attached hydrogens (primary N) is 1. The summed E-state index contributed by atoms with van der Waals surface area (Å²) in [7, 11) is -3.67. The maximum absolute atomic E-state index is 12.2. The van der Waals surface area contributed by atoms with Gasteiger partial charge < -0.3 is 5.73 Å². The zero-order valence-electron chi connectivity index (χ0n) is 10.7. The summed E-state index contributed by atoms with van der Waals surface area (Å²) in [6.07, 6.45) is 0. The molecule has 3 N–H and O–H groups in total. The molecule has 0 atom stereocenters. The van der Waals surface area contributed by atoms with Crippen molar-refractivity contribution in [2.24, 2.45) is 5.73 Å². The molecule has 0 bridgehead atoms. The van der Waals surface area contributed by atoms with Gasteiger partial charge in [-0.05, 0) is 31.2 Å². The lowest BCUT2D eigenvalue weighted by Crippen LogP contribution is -2.15. The fraction of sp³-hybridized carbons (Fsp3) is 0.0769. The number of benzene rings is 1. The van der Waals surface area contributed by atoms with Crippen LogP contribution in [0.1, 0.15) is 11.3 Å². The third-order valence-corrected chi connectivity index (χ3v) is 4.18. The average Bonchev–Trinajstić information content (AvgIpc) is 2.38. The number of hydrogen-bond donors (Lipinski definition) is 2. The van der Waals surface area contributed by atoms with E-state index in [0.29, 0.717) is 5.56 Å². The van der Waals surface area contributed by atoms with Crippen molar-refractivity contribution in [1.82, 2.24) is 4.98 Å². The van der Waals surface area contributed by atoms with Gasteiger partial charge in [0.05, 0.1) is 4.90 Å². The van der Waals surface area contributed by atoms with E-state index in [-0.39, 0.29) is 15.7 Å². The number of nitrogens with zero attached hydrogens (tertiary/aromatic N) is 1. The number of thiocarbonyl (C=S) groups is 1. The third kappa shape index (κ3) is 3.31. The van der Waals surface area contributed by atoms with Gasteiger partial charge in [0.2, 0.25) is 0 Å². The molecule has 0 fully saturated rings. The second-order valence-corrected chi connectivity index (χ2v) is 6.28. The van der Waals surface area contributed by atoms with Gasteiger partial charge in [0.25, 0.3) is 10.0 Å². The maximum atomic E-state index is 12.2. The van der Waals surface area contributed by atoms with Crippen LogP contribution >= 0.6 is 12.2 Å². The van der Waals surface area contributed by atoms with Crippen LogP contribution in [0.2, 0.25) is 0 Å². The van der Waals surface area contributed by atoms with Crippen LogP contribution in [0.3, 0.4) is 0 Å². The van der Waals surface area contributed by atoms with Gasteiger partial charge in [-0.3, -0.25) is 4.72 Å². The highest BCUT2D eigenvalue weighted by atomic mass is 32.2. The minimum atomic E-state index is -3.67. The molecule has 0 aliphatic rings. The van der Waals surface area contributed by atoms with Crippen LogP contribution in [-0.2, 0) is 10.0 Å². The second-order valence-electron chi connectivity index (χ2n) is 4.16. The van der Waals surface area contributed by atoms with E-state index in [9.17, 15) is 8.42 Å². The van der Waals surface area contributed by atoms with Crippen molar-refractivity contribution in [3.8, 4) is 0 Å². The van der Waals surface area contributed by atoms with Crippen LogP contribution < -0.4 is 10.5 Å². The third-order valence-electron chi connectivity index (χ3n) is 2.58. The number of nitrogens with one attached hydrogen (secondary N) is 1. The fourth-order valence-corrected chi connectivity index (χ4v) is 2.73. The Kier molecular flexibility index (Phi) is 4.01. The summed E-state index contributed by atoms with van der Waals surface area (Å²) < 4.78 is 26.8. The van der Waals surface area contributed by atoms with Crippen molar-refractivity contribution in [1.29, 1.82) is 0 Å². The summed E-state index contributed by atoms with van der Waals surface area (Å²) in [5.74, 6) is 0.281. The summed E-state index contributed by atoms with van der Waals surface area (Å²) in [6.45, 7) is 1.79. The maximum Gasteiger partial charge on any atom is 0.263 e. The molecular weight excluding hydrogens is 294 g/mol. The van der Waals surface area contributed by atoms with Crippen molar-refractivity contribution < 1.29 is 8.42 Å². The topological polar surface area (TPSA) is 85.1 Å². The van der Waals surface area contributed by atoms with Crippen molar-refractivity contribution in [3.63, 3.8) is 0 Å². The lowest BCUT2D eigenvalue weighted by atomic mass is 10.2. The number of aryl methyl sites for hydroxylation is 1. The molecule has 0 amide bonds. The van der Waals surface area contributed by atoms with Crippen LogP contribution in [-0.4, -0.2) is 18.4 Å². The molecule has 1 aromatic heterocycles. The Bertz CT molecular complexity index is 740. The predicted octanol–water partition coefficient (Wildman–Crippen LogP) is 1.83. The Morgan fingerprint density at radius 3 is 2.40 bits per heavy atom. The first kappa shape index (κ1) is 14.4. The Hall–Kier alpha value is -1.99. The molecule has 1 aromatic carbocycles. The molecule has 0 unspecified atom stereocenters. The van der Waals surface area contributed by atoms with Gasteiger partial charge in [-0.1, -0.05) is 30.4 Å². The minimum absolute atomic E-state index is 0.126. The molecule has 0 radical (unpaired) electrons. The highest BCUT2D eigenvalue weighted by Crippen LogP contribution is 2.15. The average molecular weight is 307 g/mol. The quantitative estimate of drug-likeness (QED) is 0.842. The smallest absolute Gasteiger partial charge is 0.263 e. The molecule has 0 spiro atoms. The summed E-state index contributed by atoms with van der Waals surface area (Å²) in [5, 5.41) is 0. The highest BCUT2D eigenvalue weighted by molar-refractivity contribution is 7.92. The molecule has 2 rings (SSSR count). The number of pyridine rings is 1. The summed E-state index contributed by atoms with van der Waals surface area (Å²) >= 11 is 4.82. The molecule has 2 aromatic rings. The van der Waals surface area contributed by atoms with E-state index < -0.39 is 10.0 Å². The molecule has 0 saturated carbocycles. The van der Waals surface area contributed by atoms with Crippen molar-refractivity contribution in [2.45, 2.75) is 11.8 Å². The van der Waals surface area contributed by atoms with Gasteiger partial charge >= 0.3 is 0 Å². The zero-order chi connectivity index (χ0) is 14.8. The standard InChI is InChI=1S/C13H13N3O2S2/c1-9-3-2-4-12(15-9)16-20(17,18)11-7-5-10(6-8-11)13(14)19/h2-8H,1H3,(H2,14,19)(H,15,16). The Morgan fingerprint density at radius 2 is 1.85 bits per heavy atom. The largest absolute Gasteiger partial charge is 0.389 e. The Labute approximate surface area is 122 Å². The van der Waals surface area contributed by atoms with Gasteiger partial charge in [-0.15, -0.1) is 0 Å². The predicted molar refractivity (Wildman–Crippen MR) is 82.1 cm³/mol.